The molecule has 1 aliphatic rings. The van der Waals surface area contributed by atoms with Crippen molar-refractivity contribution in [3.8, 4) is 0 Å². The molecule has 4 heteroatoms. The van der Waals surface area contributed by atoms with Crippen molar-refractivity contribution in [2.45, 2.75) is 24.7 Å². The summed E-state index contributed by atoms with van der Waals surface area (Å²) >= 11 is 0. The Labute approximate surface area is 59.5 Å². The van der Waals surface area contributed by atoms with E-state index in [2.05, 4.69) is 5.32 Å². The van der Waals surface area contributed by atoms with Crippen LogP contribution in [-0.2, 0) is 0 Å². The van der Waals surface area contributed by atoms with Gasteiger partial charge >= 0.3 is 0 Å². The average Bonchev–Trinajstić information content (AvgIpc) is 1.96. The standard InChI is InChI=1S/C6H13NO3/c8-4-1-5(9)6(10)3-7-2-4/h4-10H,1-3H2/t4-,5+,6+/m0/s1. The molecule has 0 bridgehead atoms. The number of β-amino-alcohol motifs (C(OH)–C–C–N with tert-alkyl or cyclic N) is 2. The zero-order valence-corrected chi connectivity index (χ0v) is 5.70. The van der Waals surface area contributed by atoms with Gasteiger partial charge in [-0.2, -0.15) is 0 Å². The molecule has 0 saturated carbocycles. The summed E-state index contributed by atoms with van der Waals surface area (Å²) in [6.45, 7) is 0.812. The molecule has 0 radical (unpaired) electrons. The van der Waals surface area contributed by atoms with Crippen LogP contribution in [0.3, 0.4) is 0 Å². The molecule has 3 atom stereocenters. The Morgan fingerprint density at radius 1 is 1.00 bits per heavy atom. The van der Waals surface area contributed by atoms with Crippen LogP contribution in [0.2, 0.25) is 0 Å². The Bertz CT molecular complexity index is 109. The van der Waals surface area contributed by atoms with Crippen LogP contribution in [0.4, 0.5) is 0 Å². The van der Waals surface area contributed by atoms with Crippen molar-refractivity contribution >= 4 is 0 Å². The average molecular weight is 147 g/mol. The summed E-state index contributed by atoms with van der Waals surface area (Å²) in [7, 11) is 0. The molecule has 0 aromatic heterocycles. The van der Waals surface area contributed by atoms with Crippen LogP contribution in [0.5, 0.6) is 0 Å². The molecule has 1 fully saturated rings. The maximum absolute atomic E-state index is 9.08. The summed E-state index contributed by atoms with van der Waals surface area (Å²) in [6.07, 6.45) is -1.80. The minimum atomic E-state index is -0.787. The smallest absolute Gasteiger partial charge is 0.0924 e. The minimum absolute atomic E-state index is 0.258. The fourth-order valence-corrected chi connectivity index (χ4v) is 1.05. The molecule has 0 amide bonds. The zero-order valence-electron chi connectivity index (χ0n) is 5.70. The first-order valence-corrected chi connectivity index (χ1v) is 3.45. The van der Waals surface area contributed by atoms with Gasteiger partial charge in [0.25, 0.3) is 0 Å². The normalized spacial score (nSPS) is 42.9. The predicted octanol–water partition coefficient (Wildman–Crippen LogP) is -1.94. The van der Waals surface area contributed by atoms with E-state index in [1.807, 2.05) is 0 Å². The van der Waals surface area contributed by atoms with E-state index in [1.54, 1.807) is 0 Å². The summed E-state index contributed by atoms with van der Waals surface area (Å²) < 4.78 is 0. The summed E-state index contributed by atoms with van der Waals surface area (Å²) in [5.74, 6) is 0. The predicted molar refractivity (Wildman–Crippen MR) is 35.5 cm³/mol. The lowest BCUT2D eigenvalue weighted by Crippen LogP contribution is -2.32. The molecular formula is C6H13NO3. The van der Waals surface area contributed by atoms with Gasteiger partial charge in [-0.1, -0.05) is 0 Å². The Hall–Kier alpha value is -0.160. The van der Waals surface area contributed by atoms with Crippen LogP contribution in [0, 0.1) is 0 Å². The van der Waals surface area contributed by atoms with Crippen molar-refractivity contribution in [1.82, 2.24) is 5.32 Å². The van der Waals surface area contributed by atoms with Gasteiger partial charge < -0.3 is 20.6 Å². The number of rotatable bonds is 0. The number of aliphatic hydroxyl groups excluding tert-OH is 3. The van der Waals surface area contributed by atoms with Crippen LogP contribution in [0.1, 0.15) is 6.42 Å². The molecule has 60 valence electrons. The first kappa shape index (κ1) is 7.94. The maximum Gasteiger partial charge on any atom is 0.0924 e. The van der Waals surface area contributed by atoms with E-state index >= 15 is 0 Å². The van der Waals surface area contributed by atoms with E-state index in [1.165, 1.54) is 0 Å². The molecule has 1 saturated heterocycles. The third kappa shape index (κ3) is 1.91. The summed E-state index contributed by atoms with van der Waals surface area (Å²) in [5, 5.41) is 30.0. The van der Waals surface area contributed by atoms with E-state index < -0.39 is 18.3 Å². The number of nitrogens with one attached hydrogen (secondary N) is 1. The second kappa shape index (κ2) is 3.30. The monoisotopic (exact) mass is 147 g/mol. The van der Waals surface area contributed by atoms with Gasteiger partial charge in [-0.25, -0.2) is 0 Å². The highest BCUT2D eigenvalue weighted by atomic mass is 16.3. The fourth-order valence-electron chi connectivity index (χ4n) is 1.05. The second-order valence-corrected chi connectivity index (χ2v) is 2.68. The lowest BCUT2D eigenvalue weighted by Gasteiger charge is -2.13. The van der Waals surface area contributed by atoms with Gasteiger partial charge in [0.2, 0.25) is 0 Å². The lowest BCUT2D eigenvalue weighted by atomic mass is 10.1. The molecular weight excluding hydrogens is 134 g/mol. The van der Waals surface area contributed by atoms with Crippen LogP contribution < -0.4 is 5.32 Å². The number of aliphatic hydroxyl groups is 3. The van der Waals surface area contributed by atoms with Gasteiger partial charge in [-0.05, 0) is 0 Å². The van der Waals surface area contributed by atoms with Crippen molar-refractivity contribution in [2.75, 3.05) is 13.1 Å². The Morgan fingerprint density at radius 3 is 2.40 bits per heavy atom. The summed E-state index contributed by atoms with van der Waals surface area (Å²) in [6, 6.07) is 0. The van der Waals surface area contributed by atoms with Gasteiger partial charge in [0, 0.05) is 19.5 Å². The first-order valence-electron chi connectivity index (χ1n) is 3.45. The van der Waals surface area contributed by atoms with E-state index in [4.69, 9.17) is 15.3 Å². The number of hydrogen-bond acceptors (Lipinski definition) is 4. The molecule has 4 N–H and O–H groups in total. The second-order valence-electron chi connectivity index (χ2n) is 2.68. The highest BCUT2D eigenvalue weighted by Gasteiger charge is 2.22. The fraction of sp³-hybridized carbons (Fsp3) is 1.00. The van der Waals surface area contributed by atoms with Gasteiger partial charge in [0.1, 0.15) is 0 Å². The molecule has 0 spiro atoms. The first-order chi connectivity index (χ1) is 4.70. The van der Waals surface area contributed by atoms with Gasteiger partial charge in [-0.15, -0.1) is 0 Å². The van der Waals surface area contributed by atoms with Crippen molar-refractivity contribution in [3.63, 3.8) is 0 Å². The van der Waals surface area contributed by atoms with Crippen LogP contribution in [-0.4, -0.2) is 46.7 Å². The highest BCUT2D eigenvalue weighted by Crippen LogP contribution is 2.05. The molecule has 0 aliphatic carbocycles. The van der Waals surface area contributed by atoms with Gasteiger partial charge in [0.05, 0.1) is 18.3 Å². The molecule has 0 aromatic carbocycles. The quantitative estimate of drug-likeness (QED) is 0.322. The van der Waals surface area contributed by atoms with Crippen LogP contribution in [0.25, 0.3) is 0 Å². The van der Waals surface area contributed by atoms with Crippen molar-refractivity contribution in [3.05, 3.63) is 0 Å². The largest absolute Gasteiger partial charge is 0.392 e. The SMILES string of the molecule is O[C@@H]1CNC[C@@H](O)[C@H](O)C1. The molecule has 1 aliphatic heterocycles. The van der Waals surface area contributed by atoms with E-state index in [0.29, 0.717) is 13.1 Å². The molecule has 1 rings (SSSR count). The van der Waals surface area contributed by atoms with Gasteiger partial charge in [0.15, 0.2) is 0 Å². The van der Waals surface area contributed by atoms with Crippen LogP contribution in [0.15, 0.2) is 0 Å². The number of hydrogen-bond donors (Lipinski definition) is 4. The van der Waals surface area contributed by atoms with Gasteiger partial charge in [-0.3, -0.25) is 0 Å². The van der Waals surface area contributed by atoms with E-state index in [0.717, 1.165) is 0 Å². The van der Waals surface area contributed by atoms with Crippen molar-refractivity contribution < 1.29 is 15.3 Å². The van der Waals surface area contributed by atoms with E-state index in [9.17, 15) is 0 Å². The van der Waals surface area contributed by atoms with Crippen molar-refractivity contribution in [2.24, 2.45) is 0 Å². The van der Waals surface area contributed by atoms with Crippen molar-refractivity contribution in [1.29, 1.82) is 0 Å². The minimum Gasteiger partial charge on any atom is -0.392 e. The van der Waals surface area contributed by atoms with E-state index in [-0.39, 0.29) is 6.42 Å². The summed E-state index contributed by atoms with van der Waals surface area (Å²) in [4.78, 5) is 0. The zero-order chi connectivity index (χ0) is 7.56. The summed E-state index contributed by atoms with van der Waals surface area (Å²) in [5.41, 5.74) is 0. The molecule has 4 nitrogen and oxygen atoms in total. The highest BCUT2D eigenvalue weighted by molar-refractivity contribution is 4.78. The molecule has 0 aromatic rings. The van der Waals surface area contributed by atoms with Crippen LogP contribution >= 0.6 is 0 Å². The third-order valence-corrected chi connectivity index (χ3v) is 1.69. The Kier molecular flexibility index (Phi) is 2.62. The Balaban J connectivity index is 2.41. The molecule has 0 unspecified atom stereocenters. The molecule has 10 heavy (non-hydrogen) atoms. The molecule has 1 heterocycles. The maximum atomic E-state index is 9.08. The topological polar surface area (TPSA) is 72.7 Å². The third-order valence-electron chi connectivity index (χ3n) is 1.69. The lowest BCUT2D eigenvalue weighted by molar-refractivity contribution is 0.00544. The Morgan fingerprint density at radius 2 is 1.70 bits per heavy atom.